The van der Waals surface area contributed by atoms with Gasteiger partial charge in [0.1, 0.15) is 0 Å². The Hall–Kier alpha value is -1.04. The summed E-state index contributed by atoms with van der Waals surface area (Å²) in [6.07, 6.45) is -2.38. The summed E-state index contributed by atoms with van der Waals surface area (Å²) in [5.41, 5.74) is 7.42. The molecule has 1 aromatic rings. The molecule has 0 aromatic heterocycles. The van der Waals surface area contributed by atoms with Crippen LogP contribution in [0.25, 0.3) is 0 Å². The van der Waals surface area contributed by atoms with Crippen molar-refractivity contribution in [3.63, 3.8) is 0 Å². The zero-order chi connectivity index (χ0) is 12.7. The normalized spacial score (nSPS) is 11.4. The molecule has 0 fully saturated rings. The third kappa shape index (κ3) is 5.21. The van der Waals surface area contributed by atoms with Gasteiger partial charge in [-0.2, -0.15) is 0 Å². The maximum absolute atomic E-state index is 12.3. The van der Waals surface area contributed by atoms with E-state index >= 15 is 0 Å². The molecule has 0 radical (unpaired) electrons. The topological polar surface area (TPSA) is 49.5 Å². The summed E-state index contributed by atoms with van der Waals surface area (Å²) < 4.78 is 24.6. The third-order valence-electron chi connectivity index (χ3n) is 2.48. The lowest BCUT2D eigenvalue weighted by molar-refractivity contribution is 0.0746. The number of nitrogens with two attached hydrogens (primary N) is 1. The molecule has 3 N–H and O–H groups in total. The molecule has 0 saturated carbocycles. The number of benzene rings is 1. The van der Waals surface area contributed by atoms with Crippen molar-refractivity contribution in [3.05, 3.63) is 35.4 Å². The van der Waals surface area contributed by atoms with Crippen LogP contribution in [-0.4, -0.2) is 36.1 Å². The fraction of sp³-hybridized carbons (Fsp3) is 0.500. The summed E-state index contributed by atoms with van der Waals surface area (Å²) in [6.45, 7) is 0.698. The van der Waals surface area contributed by atoms with E-state index in [9.17, 15) is 8.78 Å². The standard InChI is InChI=1S/C12H18F2N2O/c13-12(14)9-16(5-6-17)8-11-3-1-10(7-15)2-4-11/h1-4,12,17H,5-9,15H2. The quantitative estimate of drug-likeness (QED) is 0.758. The van der Waals surface area contributed by atoms with Crippen LogP contribution in [0.3, 0.4) is 0 Å². The predicted octanol–water partition coefficient (Wildman–Crippen LogP) is 1.20. The van der Waals surface area contributed by atoms with Gasteiger partial charge in [0.05, 0.1) is 13.2 Å². The number of halogens is 2. The minimum Gasteiger partial charge on any atom is -0.395 e. The van der Waals surface area contributed by atoms with E-state index in [1.807, 2.05) is 24.3 Å². The smallest absolute Gasteiger partial charge is 0.251 e. The van der Waals surface area contributed by atoms with Gasteiger partial charge in [-0.1, -0.05) is 24.3 Å². The van der Waals surface area contributed by atoms with Crippen LogP contribution in [0, 0.1) is 0 Å². The number of rotatable bonds is 7. The lowest BCUT2D eigenvalue weighted by Gasteiger charge is -2.20. The Morgan fingerprint density at radius 2 is 1.76 bits per heavy atom. The Morgan fingerprint density at radius 3 is 2.24 bits per heavy atom. The second-order valence-electron chi connectivity index (χ2n) is 3.87. The van der Waals surface area contributed by atoms with Crippen LogP contribution in [0.1, 0.15) is 11.1 Å². The van der Waals surface area contributed by atoms with Crippen LogP contribution in [0.2, 0.25) is 0 Å². The van der Waals surface area contributed by atoms with Crippen LogP contribution in [-0.2, 0) is 13.1 Å². The first-order valence-electron chi connectivity index (χ1n) is 5.55. The van der Waals surface area contributed by atoms with Gasteiger partial charge >= 0.3 is 0 Å². The number of nitrogens with zero attached hydrogens (tertiary/aromatic N) is 1. The average molecular weight is 244 g/mol. The highest BCUT2D eigenvalue weighted by molar-refractivity contribution is 5.22. The third-order valence-corrected chi connectivity index (χ3v) is 2.48. The van der Waals surface area contributed by atoms with Gasteiger partial charge in [-0.25, -0.2) is 8.78 Å². The molecule has 96 valence electrons. The molecular formula is C12H18F2N2O. The van der Waals surface area contributed by atoms with Gasteiger partial charge < -0.3 is 10.8 Å². The molecule has 0 saturated heterocycles. The summed E-state index contributed by atoms with van der Waals surface area (Å²) in [6, 6.07) is 7.51. The van der Waals surface area contributed by atoms with Gasteiger partial charge in [0.25, 0.3) is 6.43 Å². The second-order valence-corrected chi connectivity index (χ2v) is 3.87. The molecule has 0 amide bonds. The molecule has 0 aliphatic rings. The molecule has 0 bridgehead atoms. The van der Waals surface area contributed by atoms with E-state index in [2.05, 4.69) is 0 Å². The molecule has 17 heavy (non-hydrogen) atoms. The number of aliphatic hydroxyl groups excluding tert-OH is 1. The highest BCUT2D eigenvalue weighted by Gasteiger charge is 2.11. The fourth-order valence-corrected chi connectivity index (χ4v) is 1.61. The summed E-state index contributed by atoms with van der Waals surface area (Å²) in [5, 5.41) is 8.81. The van der Waals surface area contributed by atoms with Crippen molar-refractivity contribution in [1.82, 2.24) is 4.90 Å². The zero-order valence-electron chi connectivity index (χ0n) is 9.65. The van der Waals surface area contributed by atoms with E-state index in [-0.39, 0.29) is 19.7 Å². The highest BCUT2D eigenvalue weighted by Crippen LogP contribution is 2.08. The predicted molar refractivity (Wildman–Crippen MR) is 62.7 cm³/mol. The highest BCUT2D eigenvalue weighted by atomic mass is 19.3. The summed E-state index contributed by atoms with van der Waals surface area (Å²) in [5.74, 6) is 0. The van der Waals surface area contributed by atoms with E-state index < -0.39 is 6.43 Å². The van der Waals surface area contributed by atoms with Crippen molar-refractivity contribution in [1.29, 1.82) is 0 Å². The van der Waals surface area contributed by atoms with Crippen molar-refractivity contribution >= 4 is 0 Å². The molecule has 0 spiro atoms. The van der Waals surface area contributed by atoms with Gasteiger partial charge in [-0.05, 0) is 11.1 Å². The second kappa shape index (κ2) is 7.32. The number of hydrogen-bond acceptors (Lipinski definition) is 3. The molecule has 0 aliphatic carbocycles. The summed E-state index contributed by atoms with van der Waals surface area (Å²) >= 11 is 0. The van der Waals surface area contributed by atoms with Crippen molar-refractivity contribution in [3.8, 4) is 0 Å². The molecule has 1 aromatic carbocycles. The monoisotopic (exact) mass is 244 g/mol. The minimum absolute atomic E-state index is 0.117. The molecule has 0 unspecified atom stereocenters. The summed E-state index contributed by atoms with van der Waals surface area (Å²) in [4.78, 5) is 1.53. The Morgan fingerprint density at radius 1 is 1.18 bits per heavy atom. The van der Waals surface area contributed by atoms with Crippen LogP contribution < -0.4 is 5.73 Å². The van der Waals surface area contributed by atoms with Crippen LogP contribution in [0.15, 0.2) is 24.3 Å². The SMILES string of the molecule is NCc1ccc(CN(CCO)CC(F)F)cc1. The largest absolute Gasteiger partial charge is 0.395 e. The summed E-state index contributed by atoms with van der Waals surface area (Å²) in [7, 11) is 0. The zero-order valence-corrected chi connectivity index (χ0v) is 9.65. The number of alkyl halides is 2. The lowest BCUT2D eigenvalue weighted by Crippen LogP contribution is -2.31. The van der Waals surface area contributed by atoms with Crippen molar-refractivity contribution in [2.75, 3.05) is 19.7 Å². The van der Waals surface area contributed by atoms with Crippen LogP contribution in [0.5, 0.6) is 0 Å². The lowest BCUT2D eigenvalue weighted by atomic mass is 10.1. The van der Waals surface area contributed by atoms with E-state index in [1.54, 1.807) is 0 Å². The maximum atomic E-state index is 12.3. The van der Waals surface area contributed by atoms with Gasteiger partial charge in [0.15, 0.2) is 0 Å². The Kier molecular flexibility index (Phi) is 6.04. The van der Waals surface area contributed by atoms with Crippen molar-refractivity contribution in [2.24, 2.45) is 5.73 Å². The Balaban J connectivity index is 2.58. The number of hydrogen-bond donors (Lipinski definition) is 2. The first-order chi connectivity index (χ1) is 8.15. The molecule has 0 aliphatic heterocycles. The molecule has 5 heteroatoms. The first-order valence-corrected chi connectivity index (χ1v) is 5.55. The van der Waals surface area contributed by atoms with Crippen LogP contribution >= 0.6 is 0 Å². The average Bonchev–Trinajstić information content (AvgIpc) is 2.29. The Bertz CT molecular complexity index is 317. The maximum Gasteiger partial charge on any atom is 0.251 e. The minimum atomic E-state index is -2.38. The number of aliphatic hydroxyl groups is 1. The van der Waals surface area contributed by atoms with Gasteiger partial charge in [0, 0.05) is 19.6 Å². The van der Waals surface area contributed by atoms with Gasteiger partial charge in [-0.3, -0.25) is 4.90 Å². The molecule has 1 rings (SSSR count). The van der Waals surface area contributed by atoms with Gasteiger partial charge in [-0.15, -0.1) is 0 Å². The molecule has 3 nitrogen and oxygen atoms in total. The van der Waals surface area contributed by atoms with E-state index in [1.165, 1.54) is 4.90 Å². The Labute approximate surface area is 99.8 Å². The van der Waals surface area contributed by atoms with E-state index in [0.29, 0.717) is 13.1 Å². The van der Waals surface area contributed by atoms with E-state index in [0.717, 1.165) is 11.1 Å². The molecule has 0 atom stereocenters. The fourth-order valence-electron chi connectivity index (χ4n) is 1.61. The van der Waals surface area contributed by atoms with Gasteiger partial charge in [0.2, 0.25) is 0 Å². The first kappa shape index (κ1) is 14.0. The van der Waals surface area contributed by atoms with Crippen LogP contribution in [0.4, 0.5) is 8.78 Å². The van der Waals surface area contributed by atoms with E-state index in [4.69, 9.17) is 10.8 Å². The van der Waals surface area contributed by atoms with Crippen molar-refractivity contribution < 1.29 is 13.9 Å². The molecular weight excluding hydrogens is 226 g/mol. The molecule has 0 heterocycles. The van der Waals surface area contributed by atoms with Crippen molar-refractivity contribution in [2.45, 2.75) is 19.5 Å².